The minimum Gasteiger partial charge on any atom is -0.353 e. The van der Waals surface area contributed by atoms with Gasteiger partial charge in [-0.2, -0.15) is 0 Å². The number of nitrogens with zero attached hydrogens (tertiary/aromatic N) is 1. The lowest BCUT2D eigenvalue weighted by atomic mass is 10.2. The van der Waals surface area contributed by atoms with E-state index in [-0.39, 0.29) is 11.7 Å². The lowest BCUT2D eigenvalue weighted by Gasteiger charge is -2.15. The molecule has 0 atom stereocenters. The van der Waals surface area contributed by atoms with Crippen LogP contribution in [-0.4, -0.2) is 44.5 Å². The summed E-state index contributed by atoms with van der Waals surface area (Å²) in [5, 5.41) is 3.58. The number of carbonyl (C=O) groups excluding carboxylic acids is 1. The minimum atomic E-state index is -3.17. The smallest absolute Gasteiger partial charge is 0.243 e. The fourth-order valence-corrected chi connectivity index (χ4v) is 2.87. The van der Waals surface area contributed by atoms with Gasteiger partial charge in [-0.25, -0.2) is 12.7 Å². The van der Waals surface area contributed by atoms with Crippen molar-refractivity contribution in [2.45, 2.75) is 13.3 Å². The molecular weight excluding hydrogens is 359 g/mol. The van der Waals surface area contributed by atoms with E-state index in [2.05, 4.69) is 5.32 Å². The van der Waals surface area contributed by atoms with Gasteiger partial charge in [-0.1, -0.05) is 29.3 Å². The summed E-state index contributed by atoms with van der Waals surface area (Å²) >= 11 is 11.7. The number of benzene rings is 1. The predicted octanol–water partition coefficient (Wildman–Crippen LogP) is 2.79. The Kier molecular flexibility index (Phi) is 8.05. The van der Waals surface area contributed by atoms with E-state index in [0.29, 0.717) is 29.6 Å². The topological polar surface area (TPSA) is 66.5 Å². The van der Waals surface area contributed by atoms with Crippen LogP contribution < -0.4 is 5.32 Å². The van der Waals surface area contributed by atoms with Crippen molar-refractivity contribution < 1.29 is 13.2 Å². The Bertz CT molecular complexity index is 675. The van der Waals surface area contributed by atoms with Gasteiger partial charge in [-0.3, -0.25) is 4.79 Å². The van der Waals surface area contributed by atoms with Gasteiger partial charge < -0.3 is 5.32 Å². The molecule has 0 saturated heterocycles. The summed E-state index contributed by atoms with van der Waals surface area (Å²) in [4.78, 5) is 11.7. The Morgan fingerprint density at radius 3 is 2.61 bits per heavy atom. The molecule has 1 rings (SSSR count). The van der Waals surface area contributed by atoms with Crippen molar-refractivity contribution >= 4 is 45.2 Å². The van der Waals surface area contributed by atoms with E-state index in [1.807, 2.05) is 0 Å². The van der Waals surface area contributed by atoms with E-state index in [9.17, 15) is 13.2 Å². The summed E-state index contributed by atoms with van der Waals surface area (Å²) in [7, 11) is -1.64. The second kappa shape index (κ2) is 9.27. The molecule has 128 valence electrons. The number of carbonyl (C=O) groups is 1. The third kappa shape index (κ3) is 6.91. The van der Waals surface area contributed by atoms with Gasteiger partial charge in [-0.05, 0) is 37.1 Å². The van der Waals surface area contributed by atoms with Crippen LogP contribution in [0, 0.1) is 0 Å². The Labute approximate surface area is 147 Å². The first-order valence-corrected chi connectivity index (χ1v) is 9.47. The van der Waals surface area contributed by atoms with Crippen LogP contribution in [0.3, 0.4) is 0 Å². The lowest BCUT2D eigenvalue weighted by molar-refractivity contribution is -0.116. The van der Waals surface area contributed by atoms with Crippen molar-refractivity contribution in [1.29, 1.82) is 0 Å². The van der Waals surface area contributed by atoms with Crippen molar-refractivity contribution in [2.24, 2.45) is 0 Å². The Hall–Kier alpha value is -1.08. The number of hydrogen-bond acceptors (Lipinski definition) is 3. The van der Waals surface area contributed by atoms with Crippen LogP contribution in [0.4, 0.5) is 0 Å². The zero-order valence-electron chi connectivity index (χ0n) is 13.1. The number of nitrogens with one attached hydrogen (secondary N) is 1. The summed E-state index contributed by atoms with van der Waals surface area (Å²) in [6, 6.07) is 5.08. The zero-order chi connectivity index (χ0) is 17.5. The van der Waals surface area contributed by atoms with Gasteiger partial charge in [0, 0.05) is 26.2 Å². The first kappa shape index (κ1) is 20.0. The molecule has 0 saturated carbocycles. The summed E-state index contributed by atoms with van der Waals surface area (Å²) < 4.78 is 24.4. The normalized spacial score (nSPS) is 12.0. The van der Waals surface area contributed by atoms with Crippen LogP contribution in [0.15, 0.2) is 24.3 Å². The number of hydrogen-bond donors (Lipinski definition) is 1. The maximum Gasteiger partial charge on any atom is 0.243 e. The van der Waals surface area contributed by atoms with Gasteiger partial charge in [0.1, 0.15) is 0 Å². The van der Waals surface area contributed by atoms with Gasteiger partial charge in [0.15, 0.2) is 0 Å². The highest BCUT2D eigenvalue weighted by molar-refractivity contribution is 7.89. The largest absolute Gasteiger partial charge is 0.353 e. The van der Waals surface area contributed by atoms with Gasteiger partial charge in [0.2, 0.25) is 15.9 Å². The molecule has 0 unspecified atom stereocenters. The predicted molar refractivity (Wildman–Crippen MR) is 95.2 cm³/mol. The van der Waals surface area contributed by atoms with Crippen LogP contribution >= 0.6 is 23.2 Å². The summed E-state index contributed by atoms with van der Waals surface area (Å²) in [6.45, 7) is 2.36. The second-order valence-electron chi connectivity index (χ2n) is 4.87. The highest BCUT2D eigenvalue weighted by Gasteiger charge is 2.13. The maximum atomic E-state index is 11.7. The average molecular weight is 379 g/mol. The molecular formula is C15H20Cl2N2O3S. The summed E-state index contributed by atoms with van der Waals surface area (Å²) in [5.41, 5.74) is 0.767. The van der Waals surface area contributed by atoms with Crippen molar-refractivity contribution in [2.75, 3.05) is 25.9 Å². The minimum absolute atomic E-state index is 0.0717. The first-order valence-electron chi connectivity index (χ1n) is 7.11. The van der Waals surface area contributed by atoms with Gasteiger partial charge in [-0.15, -0.1) is 0 Å². The van der Waals surface area contributed by atoms with E-state index in [4.69, 9.17) is 23.2 Å². The maximum absolute atomic E-state index is 11.7. The second-order valence-corrected chi connectivity index (χ2v) is 8.05. The third-order valence-electron chi connectivity index (χ3n) is 3.16. The molecule has 23 heavy (non-hydrogen) atoms. The molecule has 0 heterocycles. The molecule has 1 amide bonds. The highest BCUT2D eigenvalue weighted by Crippen LogP contribution is 2.22. The standard InChI is InChI=1S/C15H20Cl2N2O3S/c1-3-23(21,22)19(2)10-4-9-18-15(20)8-6-12-5-7-13(16)14(17)11-12/h5-8,11H,3-4,9-10H2,1-2H3,(H,18,20)/b8-6+. The number of rotatable bonds is 8. The fourth-order valence-electron chi connectivity index (χ4n) is 1.72. The molecule has 0 aliphatic heterocycles. The van der Waals surface area contributed by atoms with Crippen molar-refractivity contribution in [1.82, 2.24) is 9.62 Å². The van der Waals surface area contributed by atoms with Crippen LogP contribution in [0.1, 0.15) is 18.9 Å². The van der Waals surface area contributed by atoms with Crippen LogP contribution in [0.2, 0.25) is 10.0 Å². The lowest BCUT2D eigenvalue weighted by Crippen LogP contribution is -2.32. The van der Waals surface area contributed by atoms with E-state index in [1.54, 1.807) is 31.2 Å². The molecule has 0 aliphatic carbocycles. The number of amides is 1. The Balaban J connectivity index is 2.37. The molecule has 0 radical (unpaired) electrons. The molecule has 1 aromatic carbocycles. The van der Waals surface area contributed by atoms with E-state index >= 15 is 0 Å². The molecule has 0 spiro atoms. The molecule has 0 aromatic heterocycles. The zero-order valence-corrected chi connectivity index (χ0v) is 15.4. The molecule has 1 aromatic rings. The molecule has 0 fully saturated rings. The van der Waals surface area contributed by atoms with E-state index in [0.717, 1.165) is 5.56 Å². The Morgan fingerprint density at radius 1 is 1.30 bits per heavy atom. The van der Waals surface area contributed by atoms with Crippen LogP contribution in [0.25, 0.3) is 6.08 Å². The molecule has 1 N–H and O–H groups in total. The number of halogens is 2. The summed E-state index contributed by atoms with van der Waals surface area (Å²) in [6.07, 6.45) is 3.57. The van der Waals surface area contributed by atoms with E-state index in [1.165, 1.54) is 17.4 Å². The van der Waals surface area contributed by atoms with Crippen molar-refractivity contribution in [3.63, 3.8) is 0 Å². The molecule has 5 nitrogen and oxygen atoms in total. The third-order valence-corrected chi connectivity index (χ3v) is 5.76. The van der Waals surface area contributed by atoms with Gasteiger partial charge in [0.05, 0.1) is 15.8 Å². The highest BCUT2D eigenvalue weighted by atomic mass is 35.5. The SMILES string of the molecule is CCS(=O)(=O)N(C)CCCNC(=O)/C=C/c1ccc(Cl)c(Cl)c1. The van der Waals surface area contributed by atoms with Crippen LogP contribution in [-0.2, 0) is 14.8 Å². The first-order chi connectivity index (χ1) is 10.8. The molecule has 8 heteroatoms. The monoisotopic (exact) mass is 378 g/mol. The van der Waals surface area contributed by atoms with Gasteiger partial charge in [0.25, 0.3) is 0 Å². The van der Waals surface area contributed by atoms with Crippen molar-refractivity contribution in [3.05, 3.63) is 39.9 Å². The van der Waals surface area contributed by atoms with Crippen molar-refractivity contribution in [3.8, 4) is 0 Å². The summed E-state index contributed by atoms with van der Waals surface area (Å²) in [5.74, 6) is -0.181. The quantitative estimate of drug-likeness (QED) is 0.558. The average Bonchev–Trinajstić information content (AvgIpc) is 2.52. The molecule has 0 aliphatic rings. The van der Waals surface area contributed by atoms with Crippen LogP contribution in [0.5, 0.6) is 0 Å². The van der Waals surface area contributed by atoms with E-state index < -0.39 is 10.0 Å². The Morgan fingerprint density at radius 2 is 2.00 bits per heavy atom. The molecule has 0 bridgehead atoms. The fraction of sp³-hybridized carbons (Fsp3) is 0.400. The number of sulfonamides is 1. The van der Waals surface area contributed by atoms with Gasteiger partial charge >= 0.3 is 0 Å².